The number of aromatic nitrogens is 1. The summed E-state index contributed by atoms with van der Waals surface area (Å²) in [6.07, 6.45) is 3.56. The van der Waals surface area contributed by atoms with Crippen molar-refractivity contribution in [3.05, 3.63) is 101 Å². The maximum absolute atomic E-state index is 13.8. The Bertz CT molecular complexity index is 1470. The van der Waals surface area contributed by atoms with Crippen molar-refractivity contribution in [2.45, 2.75) is 56.9 Å². The Morgan fingerprint density at radius 2 is 1.64 bits per heavy atom. The first-order valence-corrected chi connectivity index (χ1v) is 14.2. The van der Waals surface area contributed by atoms with Gasteiger partial charge in [0.25, 0.3) is 0 Å². The molecule has 5 rings (SSSR count). The highest BCUT2D eigenvalue weighted by atomic mass is 32.2. The summed E-state index contributed by atoms with van der Waals surface area (Å²) in [5.74, 6) is 0.0532. The van der Waals surface area contributed by atoms with Gasteiger partial charge >= 0.3 is 0 Å². The minimum absolute atomic E-state index is 0.226. The number of aryl methyl sites for hydroxylation is 1. The molecule has 0 N–H and O–H groups in total. The van der Waals surface area contributed by atoms with Crippen LogP contribution in [-0.4, -0.2) is 30.4 Å². The van der Waals surface area contributed by atoms with Gasteiger partial charge in [-0.3, -0.25) is 0 Å². The summed E-state index contributed by atoms with van der Waals surface area (Å²) in [4.78, 5) is 0.378. The zero-order valence-corrected chi connectivity index (χ0v) is 21.8. The molecule has 6 heteroatoms. The van der Waals surface area contributed by atoms with Gasteiger partial charge in [-0.2, -0.15) is 4.31 Å². The third-order valence-electron chi connectivity index (χ3n) is 7.47. The van der Waals surface area contributed by atoms with E-state index in [9.17, 15) is 12.8 Å². The Morgan fingerprint density at radius 1 is 0.917 bits per heavy atom. The standard InChI is InChI=1S/C30H33FN2O2S/c1-3-7-23-12-14-27(15-13-23)36(34,35)32-18-16-25(17-19-32)30-22(2)33(29-11-5-4-10-28(29)30)21-24-8-6-9-26(31)20-24/h4-6,8-15,20,25H,3,7,16-19,21H2,1-2H3. The van der Waals surface area contributed by atoms with Crippen LogP contribution in [0.15, 0.2) is 77.7 Å². The second kappa shape index (κ2) is 10.2. The molecule has 0 amide bonds. The topological polar surface area (TPSA) is 42.3 Å². The van der Waals surface area contributed by atoms with Crippen LogP contribution in [0, 0.1) is 12.7 Å². The summed E-state index contributed by atoms with van der Waals surface area (Å²) < 4.78 is 44.3. The number of halogens is 1. The van der Waals surface area contributed by atoms with Crippen LogP contribution in [0.1, 0.15) is 54.5 Å². The minimum atomic E-state index is -3.50. The Balaban J connectivity index is 1.38. The molecule has 1 fully saturated rings. The first kappa shape index (κ1) is 24.7. The molecule has 1 saturated heterocycles. The van der Waals surface area contributed by atoms with Gasteiger partial charge in [0, 0.05) is 36.2 Å². The van der Waals surface area contributed by atoms with Crippen LogP contribution in [0.3, 0.4) is 0 Å². The second-order valence-electron chi connectivity index (χ2n) is 9.80. The number of fused-ring (bicyclic) bond motifs is 1. The van der Waals surface area contributed by atoms with Gasteiger partial charge in [0.1, 0.15) is 5.82 Å². The van der Waals surface area contributed by atoms with Crippen molar-refractivity contribution < 1.29 is 12.8 Å². The largest absolute Gasteiger partial charge is 0.340 e. The van der Waals surface area contributed by atoms with Crippen molar-refractivity contribution in [3.63, 3.8) is 0 Å². The Kier molecular flexibility index (Phi) is 7.00. The van der Waals surface area contributed by atoms with Crippen molar-refractivity contribution in [2.75, 3.05) is 13.1 Å². The molecule has 4 nitrogen and oxygen atoms in total. The molecule has 2 heterocycles. The third-order valence-corrected chi connectivity index (χ3v) is 9.38. The second-order valence-corrected chi connectivity index (χ2v) is 11.7. The lowest BCUT2D eigenvalue weighted by molar-refractivity contribution is 0.319. The van der Waals surface area contributed by atoms with E-state index in [0.717, 1.165) is 36.8 Å². The van der Waals surface area contributed by atoms with Crippen LogP contribution in [0.4, 0.5) is 4.39 Å². The third kappa shape index (κ3) is 4.72. The molecular weight excluding hydrogens is 471 g/mol. The smallest absolute Gasteiger partial charge is 0.243 e. The van der Waals surface area contributed by atoms with E-state index in [-0.39, 0.29) is 11.7 Å². The number of hydrogen-bond donors (Lipinski definition) is 0. The SMILES string of the molecule is CCCc1ccc(S(=O)(=O)N2CCC(c3c(C)n(Cc4cccc(F)c4)c4ccccc34)CC2)cc1. The van der Waals surface area contributed by atoms with E-state index >= 15 is 0 Å². The first-order chi connectivity index (χ1) is 17.4. The van der Waals surface area contributed by atoms with Crippen LogP contribution < -0.4 is 0 Å². The van der Waals surface area contributed by atoms with Crippen LogP contribution in [0.25, 0.3) is 10.9 Å². The highest BCUT2D eigenvalue weighted by molar-refractivity contribution is 7.89. The molecule has 4 aromatic rings. The van der Waals surface area contributed by atoms with E-state index in [0.29, 0.717) is 24.5 Å². The van der Waals surface area contributed by atoms with Crippen molar-refractivity contribution in [1.29, 1.82) is 0 Å². The summed E-state index contributed by atoms with van der Waals surface area (Å²) in [5.41, 5.74) is 5.70. The summed E-state index contributed by atoms with van der Waals surface area (Å²) in [5, 5.41) is 1.21. The molecule has 1 aliphatic heterocycles. The average Bonchev–Trinajstić information content (AvgIpc) is 3.16. The Hall–Kier alpha value is -2.96. The summed E-state index contributed by atoms with van der Waals surface area (Å²) in [6.45, 7) is 5.87. The van der Waals surface area contributed by atoms with Crippen molar-refractivity contribution in [3.8, 4) is 0 Å². The Morgan fingerprint density at radius 3 is 2.33 bits per heavy atom. The lowest BCUT2D eigenvalue weighted by Gasteiger charge is -2.31. The molecule has 3 aromatic carbocycles. The fraction of sp³-hybridized carbons (Fsp3) is 0.333. The Labute approximate surface area is 213 Å². The van der Waals surface area contributed by atoms with Crippen LogP contribution in [0.5, 0.6) is 0 Å². The molecule has 1 aromatic heterocycles. The average molecular weight is 505 g/mol. The normalized spacial score (nSPS) is 15.5. The summed E-state index contributed by atoms with van der Waals surface area (Å²) in [7, 11) is -3.50. The zero-order valence-electron chi connectivity index (χ0n) is 21.0. The van der Waals surface area contributed by atoms with Gasteiger partial charge in [-0.05, 0) is 79.1 Å². The molecule has 0 unspecified atom stereocenters. The molecule has 188 valence electrons. The van der Waals surface area contributed by atoms with Gasteiger partial charge in [-0.25, -0.2) is 12.8 Å². The number of piperidine rings is 1. The van der Waals surface area contributed by atoms with Crippen molar-refractivity contribution >= 4 is 20.9 Å². The number of hydrogen-bond acceptors (Lipinski definition) is 2. The molecule has 0 bridgehead atoms. The molecule has 0 spiro atoms. The van der Waals surface area contributed by atoms with Gasteiger partial charge in [-0.1, -0.05) is 55.8 Å². The first-order valence-electron chi connectivity index (χ1n) is 12.8. The maximum atomic E-state index is 13.8. The van der Waals surface area contributed by atoms with E-state index in [1.165, 1.54) is 28.3 Å². The highest BCUT2D eigenvalue weighted by Crippen LogP contribution is 2.38. The molecule has 1 aliphatic rings. The fourth-order valence-corrected chi connectivity index (χ4v) is 7.12. The zero-order chi connectivity index (χ0) is 25.3. The van der Waals surface area contributed by atoms with Crippen molar-refractivity contribution in [1.82, 2.24) is 8.87 Å². The molecule has 36 heavy (non-hydrogen) atoms. The van der Waals surface area contributed by atoms with Gasteiger partial charge in [0.05, 0.1) is 4.90 Å². The van der Waals surface area contributed by atoms with Crippen LogP contribution >= 0.6 is 0 Å². The lowest BCUT2D eigenvalue weighted by atomic mass is 9.88. The van der Waals surface area contributed by atoms with Gasteiger partial charge in [-0.15, -0.1) is 0 Å². The van der Waals surface area contributed by atoms with E-state index in [2.05, 4.69) is 36.6 Å². The van der Waals surface area contributed by atoms with Gasteiger partial charge in [0.15, 0.2) is 0 Å². The lowest BCUT2D eigenvalue weighted by Crippen LogP contribution is -2.38. The predicted molar refractivity (Wildman–Crippen MR) is 143 cm³/mol. The fourth-order valence-electron chi connectivity index (χ4n) is 5.65. The van der Waals surface area contributed by atoms with Crippen LogP contribution in [0.2, 0.25) is 0 Å². The number of nitrogens with zero attached hydrogens (tertiary/aromatic N) is 2. The predicted octanol–water partition coefficient (Wildman–Crippen LogP) is 6.66. The summed E-state index contributed by atoms with van der Waals surface area (Å²) >= 11 is 0. The molecular formula is C30H33FN2O2S. The number of benzene rings is 3. The van der Waals surface area contributed by atoms with Crippen molar-refractivity contribution in [2.24, 2.45) is 0 Å². The monoisotopic (exact) mass is 504 g/mol. The quantitative estimate of drug-likeness (QED) is 0.282. The van der Waals surface area contributed by atoms with Gasteiger partial charge < -0.3 is 4.57 Å². The number of sulfonamides is 1. The molecule has 0 atom stereocenters. The van der Waals surface area contributed by atoms with Crippen LogP contribution in [-0.2, 0) is 23.0 Å². The van der Waals surface area contributed by atoms with Gasteiger partial charge in [0.2, 0.25) is 10.0 Å². The maximum Gasteiger partial charge on any atom is 0.243 e. The molecule has 0 radical (unpaired) electrons. The minimum Gasteiger partial charge on any atom is -0.340 e. The van der Waals surface area contributed by atoms with E-state index in [1.54, 1.807) is 28.6 Å². The number of rotatable bonds is 7. The number of para-hydroxylation sites is 1. The molecule has 0 saturated carbocycles. The summed E-state index contributed by atoms with van der Waals surface area (Å²) in [6, 6.07) is 22.5. The highest BCUT2D eigenvalue weighted by Gasteiger charge is 2.32. The van der Waals surface area contributed by atoms with E-state index in [1.807, 2.05) is 24.3 Å². The van der Waals surface area contributed by atoms with E-state index in [4.69, 9.17) is 0 Å². The van der Waals surface area contributed by atoms with E-state index < -0.39 is 10.0 Å². The molecule has 0 aliphatic carbocycles.